The molecule has 2 heterocycles. The number of allylic oxidation sites excluding steroid dienone is 1. The van der Waals surface area contributed by atoms with Crippen LogP contribution in [-0.4, -0.2) is 29.5 Å². The second kappa shape index (κ2) is 9.91. The third-order valence-corrected chi connectivity index (χ3v) is 6.92. The highest BCUT2D eigenvalue weighted by Gasteiger charge is 2.36. The molecule has 5 rings (SSSR count). The van der Waals surface area contributed by atoms with Crippen molar-refractivity contribution in [2.75, 3.05) is 18.3 Å². The lowest BCUT2D eigenvalue weighted by Gasteiger charge is -2.35. The number of anilines is 1. The van der Waals surface area contributed by atoms with Gasteiger partial charge in [0.2, 0.25) is 5.82 Å². The van der Waals surface area contributed by atoms with E-state index in [1.54, 1.807) is 23.8 Å². The van der Waals surface area contributed by atoms with Crippen LogP contribution in [0.3, 0.4) is 0 Å². The number of rotatable bonds is 6. The van der Waals surface area contributed by atoms with Gasteiger partial charge in [0.05, 0.1) is 24.4 Å². The summed E-state index contributed by atoms with van der Waals surface area (Å²) in [4.78, 5) is 21.0. The van der Waals surface area contributed by atoms with Crippen molar-refractivity contribution in [2.45, 2.75) is 24.8 Å². The zero-order chi connectivity index (χ0) is 25.2. The van der Waals surface area contributed by atoms with Crippen LogP contribution in [0.4, 0.5) is 10.5 Å². The molecule has 0 bridgehead atoms. The number of urea groups is 1. The van der Waals surface area contributed by atoms with Crippen molar-refractivity contribution in [1.29, 1.82) is 0 Å². The largest absolute Gasteiger partial charge is 0.497 e. The molecule has 0 radical (unpaired) electrons. The number of nitrogens with one attached hydrogen (secondary N) is 1. The second-order valence-corrected chi connectivity index (χ2v) is 9.36. The molecule has 2 amide bonds. The topological polar surface area (TPSA) is 80.5 Å². The number of hydrogen-bond acceptors (Lipinski definition) is 6. The van der Waals surface area contributed by atoms with E-state index in [1.165, 1.54) is 0 Å². The molecule has 0 saturated heterocycles. The van der Waals surface area contributed by atoms with Gasteiger partial charge < -0.3 is 14.6 Å². The minimum absolute atomic E-state index is 0.234. The third-order valence-electron chi connectivity index (χ3n) is 6.18. The van der Waals surface area contributed by atoms with Gasteiger partial charge in [0.25, 0.3) is 5.89 Å². The predicted molar refractivity (Wildman–Crippen MR) is 142 cm³/mol. The van der Waals surface area contributed by atoms with Gasteiger partial charge in [0.1, 0.15) is 5.75 Å². The number of ether oxygens (including phenoxy) is 1. The van der Waals surface area contributed by atoms with E-state index < -0.39 is 6.04 Å². The number of benzene rings is 3. The van der Waals surface area contributed by atoms with E-state index in [4.69, 9.17) is 14.2 Å². The van der Waals surface area contributed by atoms with Gasteiger partial charge >= 0.3 is 6.03 Å². The Bertz CT molecular complexity index is 1450. The summed E-state index contributed by atoms with van der Waals surface area (Å²) in [6.07, 6.45) is 2.03. The van der Waals surface area contributed by atoms with Gasteiger partial charge in [-0.15, -0.1) is 11.8 Å². The van der Waals surface area contributed by atoms with Crippen molar-refractivity contribution in [3.63, 3.8) is 0 Å². The van der Waals surface area contributed by atoms with Crippen LogP contribution < -0.4 is 15.0 Å². The molecule has 3 aromatic carbocycles. The number of thioether (sulfide) groups is 1. The number of methoxy groups -OCH3 is 1. The molecule has 7 nitrogen and oxygen atoms in total. The molecular weight excluding hydrogens is 472 g/mol. The first-order valence-electron chi connectivity index (χ1n) is 11.5. The van der Waals surface area contributed by atoms with E-state index in [0.29, 0.717) is 23.2 Å². The Hall–Kier alpha value is -4.04. The maximum atomic E-state index is 13.4. The molecule has 1 aliphatic rings. The number of amides is 2. The molecular formula is C28H26N4O3S. The molecule has 4 aromatic rings. The van der Waals surface area contributed by atoms with Crippen molar-refractivity contribution in [1.82, 2.24) is 15.5 Å². The number of aryl methyl sites for hydroxylation is 1. The fourth-order valence-corrected chi connectivity index (χ4v) is 4.77. The highest BCUT2D eigenvalue weighted by Crippen LogP contribution is 2.40. The minimum atomic E-state index is -0.499. The van der Waals surface area contributed by atoms with E-state index >= 15 is 0 Å². The number of carbonyl (C=O) groups excluding carboxylic acids is 1. The van der Waals surface area contributed by atoms with E-state index in [-0.39, 0.29) is 6.03 Å². The highest BCUT2D eigenvalue weighted by atomic mass is 32.2. The van der Waals surface area contributed by atoms with E-state index in [2.05, 4.69) is 10.5 Å². The molecule has 8 heteroatoms. The van der Waals surface area contributed by atoms with Crippen LogP contribution in [0.5, 0.6) is 5.75 Å². The van der Waals surface area contributed by atoms with Crippen LogP contribution in [-0.2, 0) is 0 Å². The van der Waals surface area contributed by atoms with Crippen LogP contribution in [0.1, 0.15) is 30.0 Å². The molecule has 0 fully saturated rings. The summed E-state index contributed by atoms with van der Waals surface area (Å²) >= 11 is 1.67. The lowest BCUT2D eigenvalue weighted by atomic mass is 9.94. The average molecular weight is 499 g/mol. The van der Waals surface area contributed by atoms with Crippen LogP contribution in [0.25, 0.3) is 17.0 Å². The molecule has 1 aliphatic heterocycles. The highest BCUT2D eigenvalue weighted by molar-refractivity contribution is 7.98. The Balaban J connectivity index is 1.64. The fourth-order valence-electron chi connectivity index (χ4n) is 4.36. The summed E-state index contributed by atoms with van der Waals surface area (Å²) < 4.78 is 11.2. The Morgan fingerprint density at radius 3 is 2.53 bits per heavy atom. The molecule has 182 valence electrons. The quantitative estimate of drug-likeness (QED) is 0.307. The lowest BCUT2D eigenvalue weighted by molar-refractivity contribution is 0.244. The molecule has 0 spiro atoms. The second-order valence-electron chi connectivity index (χ2n) is 8.48. The Kier molecular flexibility index (Phi) is 6.52. The maximum absolute atomic E-state index is 13.4. The van der Waals surface area contributed by atoms with Crippen molar-refractivity contribution in [2.24, 2.45) is 0 Å². The SMILES string of the molecule is COc1cccc(C2NC(=O)N(c3cccc(C)c3)C(C)=C2c2nc(-c3ccc(SC)cc3)no2)c1. The van der Waals surface area contributed by atoms with Crippen LogP contribution in [0.15, 0.2) is 87.9 Å². The molecule has 1 aromatic heterocycles. The summed E-state index contributed by atoms with van der Waals surface area (Å²) in [6.45, 7) is 3.90. The van der Waals surface area contributed by atoms with Gasteiger partial charge in [-0.1, -0.05) is 29.4 Å². The van der Waals surface area contributed by atoms with E-state index in [9.17, 15) is 4.79 Å². The average Bonchev–Trinajstić information content (AvgIpc) is 3.38. The Morgan fingerprint density at radius 2 is 1.81 bits per heavy atom. The first kappa shape index (κ1) is 23.7. The summed E-state index contributed by atoms with van der Waals surface area (Å²) in [5.41, 5.74) is 4.96. The molecule has 0 aliphatic carbocycles. The van der Waals surface area contributed by atoms with Crippen molar-refractivity contribution < 1.29 is 14.1 Å². The summed E-state index contributed by atoms with van der Waals surface area (Å²) in [7, 11) is 1.62. The number of carbonyl (C=O) groups is 1. The number of hydrogen-bond donors (Lipinski definition) is 1. The van der Waals surface area contributed by atoms with Crippen molar-refractivity contribution in [3.05, 3.63) is 95.5 Å². The summed E-state index contributed by atoms with van der Waals surface area (Å²) in [6, 6.07) is 22.7. The summed E-state index contributed by atoms with van der Waals surface area (Å²) in [5.74, 6) is 1.53. The zero-order valence-corrected chi connectivity index (χ0v) is 21.3. The van der Waals surface area contributed by atoms with Gasteiger partial charge in [-0.2, -0.15) is 4.98 Å². The molecule has 1 N–H and O–H groups in total. The molecule has 36 heavy (non-hydrogen) atoms. The van der Waals surface area contributed by atoms with E-state index in [0.717, 1.165) is 32.8 Å². The van der Waals surface area contributed by atoms with Crippen molar-refractivity contribution in [3.8, 4) is 17.1 Å². The standard InChI is InChI=1S/C28H26N4O3S/c1-17-7-5-9-21(15-17)32-18(2)24(25(29-28(32)33)20-8-6-10-22(16-20)34-3)27-30-26(31-35-27)19-11-13-23(36-4)14-12-19/h5-16,25H,1-4H3,(H,29,33). The Morgan fingerprint density at radius 1 is 1.03 bits per heavy atom. The minimum Gasteiger partial charge on any atom is -0.497 e. The van der Waals surface area contributed by atoms with Gasteiger partial charge in [-0.3, -0.25) is 4.90 Å². The third kappa shape index (κ3) is 4.47. The maximum Gasteiger partial charge on any atom is 0.326 e. The van der Waals surface area contributed by atoms with E-state index in [1.807, 2.05) is 92.9 Å². The Labute approximate surface area is 214 Å². The first-order valence-corrected chi connectivity index (χ1v) is 12.7. The molecule has 1 atom stereocenters. The predicted octanol–water partition coefficient (Wildman–Crippen LogP) is 6.48. The van der Waals surface area contributed by atoms with Gasteiger partial charge in [-0.05, 0) is 79.8 Å². The first-order chi connectivity index (χ1) is 17.5. The summed E-state index contributed by atoms with van der Waals surface area (Å²) in [5, 5.41) is 7.40. The van der Waals surface area contributed by atoms with Gasteiger partial charge in [0.15, 0.2) is 0 Å². The van der Waals surface area contributed by atoms with Gasteiger partial charge in [0, 0.05) is 16.2 Å². The van der Waals surface area contributed by atoms with Gasteiger partial charge in [-0.25, -0.2) is 4.79 Å². The molecule has 0 saturated carbocycles. The smallest absolute Gasteiger partial charge is 0.326 e. The number of nitrogens with zero attached hydrogens (tertiary/aromatic N) is 3. The lowest BCUT2D eigenvalue weighted by Crippen LogP contribution is -2.46. The van der Waals surface area contributed by atoms with Crippen molar-refractivity contribution >= 4 is 29.1 Å². The van der Waals surface area contributed by atoms with Crippen LogP contribution in [0.2, 0.25) is 0 Å². The molecule has 1 unspecified atom stereocenters. The van der Waals surface area contributed by atoms with Crippen LogP contribution >= 0.6 is 11.8 Å². The zero-order valence-electron chi connectivity index (χ0n) is 20.5. The normalized spacial score (nSPS) is 15.7. The van der Waals surface area contributed by atoms with Crippen LogP contribution in [0, 0.1) is 6.92 Å². The monoisotopic (exact) mass is 498 g/mol. The fraction of sp³-hybridized carbons (Fsp3) is 0.179. The number of aromatic nitrogens is 2.